The van der Waals surface area contributed by atoms with Crippen LogP contribution in [0.1, 0.15) is 50.3 Å². The molecule has 0 unspecified atom stereocenters. The first kappa shape index (κ1) is 16.8. The number of hydrogen-bond donors (Lipinski definition) is 0. The van der Waals surface area contributed by atoms with Gasteiger partial charge >= 0.3 is 0 Å². The molecule has 1 aromatic heterocycles. The van der Waals surface area contributed by atoms with Crippen molar-refractivity contribution in [1.29, 1.82) is 0 Å². The Labute approximate surface area is 161 Å². The highest BCUT2D eigenvalue weighted by atomic mass is 79.9. The van der Waals surface area contributed by atoms with E-state index in [9.17, 15) is 13.2 Å². The molecule has 4 nitrogen and oxygen atoms in total. The van der Waals surface area contributed by atoms with Gasteiger partial charge in [-0.25, -0.2) is 12.7 Å². The normalized spacial score (nSPS) is 42.6. The standard InChI is InChI=1S/C18H22BrNO3S2/c1-17(2)10-3-4-18(17)9-25(22,23)20(15(18)5-10)16(21)13-7-12(13)14-6-11(19)8-24-14/h6,8,10,12-13,15H,3-5,7,9H2,1-2H3/t10-,12-,13-,15-,18-/m1/s1. The topological polar surface area (TPSA) is 54.5 Å². The number of fused-ring (bicyclic) bond motifs is 1. The van der Waals surface area contributed by atoms with Gasteiger partial charge < -0.3 is 0 Å². The van der Waals surface area contributed by atoms with E-state index in [0.717, 1.165) is 30.2 Å². The summed E-state index contributed by atoms with van der Waals surface area (Å²) in [5.41, 5.74) is -0.205. The number of hydrogen-bond acceptors (Lipinski definition) is 4. The van der Waals surface area contributed by atoms with Crippen molar-refractivity contribution in [2.24, 2.45) is 22.7 Å². The monoisotopic (exact) mass is 443 g/mol. The smallest absolute Gasteiger partial charge is 0.240 e. The Morgan fingerprint density at radius 2 is 2.12 bits per heavy atom. The number of carbonyl (C=O) groups is 1. The second kappa shape index (κ2) is 4.90. The Balaban J connectivity index is 1.46. The van der Waals surface area contributed by atoms with E-state index in [-0.39, 0.29) is 40.4 Å². The van der Waals surface area contributed by atoms with E-state index < -0.39 is 10.0 Å². The van der Waals surface area contributed by atoms with E-state index in [2.05, 4.69) is 35.8 Å². The van der Waals surface area contributed by atoms with Gasteiger partial charge in [0.05, 0.1) is 11.8 Å². The molecule has 1 aliphatic heterocycles. The molecular weight excluding hydrogens is 422 g/mol. The molecule has 1 aromatic rings. The molecular formula is C18H22BrNO3S2. The van der Waals surface area contributed by atoms with Crippen molar-refractivity contribution in [2.75, 3.05) is 5.75 Å². The molecule has 5 atom stereocenters. The largest absolute Gasteiger partial charge is 0.273 e. The van der Waals surface area contributed by atoms with Crippen LogP contribution >= 0.6 is 27.3 Å². The maximum absolute atomic E-state index is 13.2. The Morgan fingerprint density at radius 1 is 1.36 bits per heavy atom. The first-order valence-electron chi connectivity index (χ1n) is 8.97. The maximum atomic E-state index is 13.2. The predicted octanol–water partition coefficient (Wildman–Crippen LogP) is 3.98. The molecule has 3 saturated carbocycles. The molecule has 4 fully saturated rings. The summed E-state index contributed by atoms with van der Waals surface area (Å²) >= 11 is 5.11. The van der Waals surface area contributed by atoms with E-state index in [4.69, 9.17) is 0 Å². The molecule has 0 radical (unpaired) electrons. The number of carbonyl (C=O) groups excluding carboxylic acids is 1. The van der Waals surface area contributed by atoms with Crippen LogP contribution in [0.2, 0.25) is 0 Å². The third-order valence-electron chi connectivity index (χ3n) is 7.69. The number of thiophene rings is 1. The summed E-state index contributed by atoms with van der Waals surface area (Å²) in [5.74, 6) is 0.619. The predicted molar refractivity (Wildman–Crippen MR) is 101 cm³/mol. The molecule has 136 valence electrons. The van der Waals surface area contributed by atoms with E-state index in [1.54, 1.807) is 11.3 Å². The first-order valence-corrected chi connectivity index (χ1v) is 12.3. The van der Waals surface area contributed by atoms with Gasteiger partial charge in [-0.05, 0) is 59.0 Å². The lowest BCUT2D eigenvalue weighted by Crippen LogP contribution is -2.44. The van der Waals surface area contributed by atoms with Crippen molar-refractivity contribution in [1.82, 2.24) is 4.31 Å². The summed E-state index contributed by atoms with van der Waals surface area (Å²) in [6, 6.07) is 1.96. The van der Waals surface area contributed by atoms with Gasteiger partial charge in [0.2, 0.25) is 15.9 Å². The van der Waals surface area contributed by atoms with Gasteiger partial charge in [-0.3, -0.25) is 4.79 Å². The van der Waals surface area contributed by atoms with Gasteiger partial charge in [0.15, 0.2) is 0 Å². The molecule has 1 spiro atoms. The summed E-state index contributed by atoms with van der Waals surface area (Å²) in [6.45, 7) is 4.44. The highest BCUT2D eigenvalue weighted by molar-refractivity contribution is 9.10. The van der Waals surface area contributed by atoms with E-state index in [0.29, 0.717) is 5.92 Å². The molecule has 3 aliphatic carbocycles. The van der Waals surface area contributed by atoms with E-state index in [1.807, 2.05) is 5.38 Å². The molecule has 2 bridgehead atoms. The fourth-order valence-corrected chi connectivity index (χ4v) is 10.3. The number of amides is 1. The molecule has 1 amide bonds. The van der Waals surface area contributed by atoms with Crippen LogP contribution in [-0.4, -0.2) is 30.4 Å². The summed E-state index contributed by atoms with van der Waals surface area (Å²) in [6.07, 6.45) is 3.70. The zero-order valence-corrected chi connectivity index (χ0v) is 17.6. The van der Waals surface area contributed by atoms with Gasteiger partial charge in [0.1, 0.15) is 0 Å². The summed E-state index contributed by atoms with van der Waals surface area (Å²) in [5, 5.41) is 2.02. The summed E-state index contributed by atoms with van der Waals surface area (Å²) in [7, 11) is -3.49. The number of sulfonamides is 1. The minimum absolute atomic E-state index is 0.0152. The van der Waals surface area contributed by atoms with E-state index >= 15 is 0 Å². The second-order valence-corrected chi connectivity index (χ2v) is 12.6. The van der Waals surface area contributed by atoms with Crippen molar-refractivity contribution in [3.05, 3.63) is 20.8 Å². The van der Waals surface area contributed by atoms with Crippen LogP contribution in [0.15, 0.2) is 15.9 Å². The first-order chi connectivity index (χ1) is 11.7. The average Bonchev–Trinajstić information content (AvgIpc) is 2.99. The molecule has 7 heteroatoms. The SMILES string of the molecule is CC1(C)[C@@H]2CC[C@]13CS(=O)(=O)N(C(=O)[C@@H]1C[C@H]1c1cc(Br)cs1)[C@@H]3C2. The lowest BCUT2D eigenvalue weighted by atomic mass is 9.69. The quantitative estimate of drug-likeness (QED) is 0.694. The fourth-order valence-electron chi connectivity index (χ4n) is 6.05. The third-order valence-corrected chi connectivity index (χ3v) is 11.4. The van der Waals surface area contributed by atoms with E-state index in [1.165, 1.54) is 9.18 Å². The molecule has 5 rings (SSSR count). The van der Waals surface area contributed by atoms with Crippen LogP contribution in [0.25, 0.3) is 0 Å². The molecule has 25 heavy (non-hydrogen) atoms. The minimum atomic E-state index is -3.49. The van der Waals surface area contributed by atoms with Crippen molar-refractivity contribution >= 4 is 43.2 Å². The Bertz CT molecular complexity index is 877. The third kappa shape index (κ3) is 2.03. The van der Waals surface area contributed by atoms with Gasteiger partial charge in [-0.1, -0.05) is 13.8 Å². The highest BCUT2D eigenvalue weighted by Gasteiger charge is 2.73. The molecule has 0 aromatic carbocycles. The van der Waals surface area contributed by atoms with Crippen LogP contribution in [0, 0.1) is 22.7 Å². The van der Waals surface area contributed by atoms with Gasteiger partial charge in [-0.15, -0.1) is 11.3 Å². The van der Waals surface area contributed by atoms with Crippen molar-refractivity contribution < 1.29 is 13.2 Å². The number of halogens is 1. The molecule has 1 saturated heterocycles. The molecule has 0 N–H and O–H groups in total. The Hall–Kier alpha value is -0.400. The lowest BCUT2D eigenvalue weighted by molar-refractivity contribution is -0.130. The lowest BCUT2D eigenvalue weighted by Gasteiger charge is -2.37. The van der Waals surface area contributed by atoms with Gasteiger partial charge in [0, 0.05) is 32.0 Å². The second-order valence-electron chi connectivity index (χ2n) is 8.87. The van der Waals surface area contributed by atoms with Crippen LogP contribution in [0.3, 0.4) is 0 Å². The van der Waals surface area contributed by atoms with Crippen LogP contribution < -0.4 is 0 Å². The maximum Gasteiger partial charge on any atom is 0.240 e. The van der Waals surface area contributed by atoms with Crippen molar-refractivity contribution in [2.45, 2.75) is 51.5 Å². The van der Waals surface area contributed by atoms with Crippen LogP contribution in [0.4, 0.5) is 0 Å². The highest BCUT2D eigenvalue weighted by Crippen LogP contribution is 2.70. The van der Waals surface area contributed by atoms with Gasteiger partial charge in [0.25, 0.3) is 0 Å². The zero-order chi connectivity index (χ0) is 17.8. The van der Waals surface area contributed by atoms with Crippen molar-refractivity contribution in [3.8, 4) is 0 Å². The molecule has 4 aliphatic rings. The summed E-state index contributed by atoms with van der Waals surface area (Å²) < 4.78 is 28.3. The van der Waals surface area contributed by atoms with Crippen molar-refractivity contribution in [3.63, 3.8) is 0 Å². The average molecular weight is 444 g/mol. The number of rotatable bonds is 2. The Kier molecular flexibility index (Phi) is 3.28. The fraction of sp³-hybridized carbons (Fsp3) is 0.722. The van der Waals surface area contributed by atoms with Crippen LogP contribution in [-0.2, 0) is 14.8 Å². The Morgan fingerprint density at radius 3 is 2.76 bits per heavy atom. The molecule has 2 heterocycles. The number of nitrogens with zero attached hydrogens (tertiary/aromatic N) is 1. The van der Waals surface area contributed by atoms with Gasteiger partial charge in [-0.2, -0.15) is 0 Å². The summed E-state index contributed by atoms with van der Waals surface area (Å²) in [4.78, 5) is 14.4. The van der Waals surface area contributed by atoms with Crippen LogP contribution in [0.5, 0.6) is 0 Å². The zero-order valence-electron chi connectivity index (χ0n) is 14.4. The minimum Gasteiger partial charge on any atom is -0.273 e.